The molecule has 166 valence electrons. The number of rotatable bonds is 6. The van der Waals surface area contributed by atoms with Crippen LogP contribution in [0.4, 0.5) is 10.5 Å². The number of amides is 4. The fraction of sp³-hybridized carbons (Fsp3) is 0.115. The number of urea groups is 1. The monoisotopic (exact) mass is 441 g/mol. The van der Waals surface area contributed by atoms with E-state index >= 15 is 0 Å². The van der Waals surface area contributed by atoms with E-state index in [1.807, 2.05) is 67.6 Å². The molecule has 1 aliphatic heterocycles. The molecule has 4 rings (SSSR count). The van der Waals surface area contributed by atoms with E-state index in [0.717, 1.165) is 32.9 Å². The number of hydrogen-bond acceptors (Lipinski definition) is 4. The number of nitrogens with one attached hydrogen (secondary N) is 2. The van der Waals surface area contributed by atoms with Crippen molar-refractivity contribution in [1.29, 1.82) is 0 Å². The van der Waals surface area contributed by atoms with Gasteiger partial charge in [-0.15, -0.1) is 0 Å². The maximum Gasteiger partial charge on any atom is 0.329 e. The number of nitrogens with zero attached hydrogens (tertiary/aromatic N) is 1. The molecular weight excluding hydrogens is 418 g/mol. The molecule has 7 nitrogen and oxygen atoms in total. The average Bonchev–Trinajstić information content (AvgIpc) is 3.08. The number of imide groups is 1. The summed E-state index contributed by atoms with van der Waals surface area (Å²) < 4.78 is 5.27. The molecule has 1 fully saturated rings. The predicted octanol–water partition coefficient (Wildman–Crippen LogP) is 4.20. The highest BCUT2D eigenvalue weighted by molar-refractivity contribution is 6.15. The molecule has 0 atom stereocenters. The summed E-state index contributed by atoms with van der Waals surface area (Å²) in [4.78, 5) is 38.2. The molecule has 7 heteroatoms. The number of benzene rings is 3. The Bertz CT molecular complexity index is 1230. The molecule has 0 aliphatic carbocycles. The molecule has 0 bridgehead atoms. The maximum absolute atomic E-state index is 12.7. The van der Waals surface area contributed by atoms with Gasteiger partial charge in [0.25, 0.3) is 5.91 Å². The van der Waals surface area contributed by atoms with E-state index in [9.17, 15) is 14.4 Å². The van der Waals surface area contributed by atoms with Gasteiger partial charge >= 0.3 is 6.03 Å². The van der Waals surface area contributed by atoms with Crippen LogP contribution in [-0.2, 0) is 9.59 Å². The van der Waals surface area contributed by atoms with Gasteiger partial charge in [-0.2, -0.15) is 0 Å². The standard InChI is InChI=1S/C26H23N3O4/c1-17-6-12-21(13-7-17)27-24(30)16-29-25(31)23(28-26(29)32)14-18-8-10-19(11-9-18)20-4-3-5-22(15-20)33-2/h3-15H,16H2,1-2H3,(H,27,30)(H,28,32)/b23-14-. The topological polar surface area (TPSA) is 87.7 Å². The molecule has 0 aromatic heterocycles. The van der Waals surface area contributed by atoms with Crippen molar-refractivity contribution in [3.05, 3.63) is 89.6 Å². The van der Waals surface area contributed by atoms with Crippen molar-refractivity contribution in [3.63, 3.8) is 0 Å². The van der Waals surface area contributed by atoms with Crippen LogP contribution in [0.3, 0.4) is 0 Å². The highest BCUT2D eigenvalue weighted by Crippen LogP contribution is 2.25. The normalized spacial score (nSPS) is 14.4. The van der Waals surface area contributed by atoms with Crippen molar-refractivity contribution in [3.8, 4) is 16.9 Å². The molecule has 1 heterocycles. The largest absolute Gasteiger partial charge is 0.497 e. The van der Waals surface area contributed by atoms with E-state index in [2.05, 4.69) is 10.6 Å². The van der Waals surface area contributed by atoms with Gasteiger partial charge in [0.1, 0.15) is 18.0 Å². The third-order valence-corrected chi connectivity index (χ3v) is 5.22. The lowest BCUT2D eigenvalue weighted by atomic mass is 10.0. The minimum atomic E-state index is -0.627. The van der Waals surface area contributed by atoms with E-state index in [-0.39, 0.29) is 12.2 Å². The van der Waals surface area contributed by atoms with Crippen molar-refractivity contribution in [2.75, 3.05) is 19.0 Å². The van der Waals surface area contributed by atoms with Gasteiger partial charge in [0.15, 0.2) is 0 Å². The summed E-state index contributed by atoms with van der Waals surface area (Å²) in [5, 5.41) is 5.23. The first kappa shape index (κ1) is 21.8. The highest BCUT2D eigenvalue weighted by atomic mass is 16.5. The van der Waals surface area contributed by atoms with Crippen LogP contribution in [0.15, 0.2) is 78.5 Å². The van der Waals surface area contributed by atoms with E-state index in [1.54, 1.807) is 25.3 Å². The third kappa shape index (κ3) is 5.10. The van der Waals surface area contributed by atoms with Crippen molar-refractivity contribution in [1.82, 2.24) is 10.2 Å². The summed E-state index contributed by atoms with van der Waals surface area (Å²) >= 11 is 0. The molecule has 0 spiro atoms. The van der Waals surface area contributed by atoms with Crippen LogP contribution in [0.1, 0.15) is 11.1 Å². The van der Waals surface area contributed by atoms with Gasteiger partial charge in [-0.3, -0.25) is 9.59 Å². The van der Waals surface area contributed by atoms with Gasteiger partial charge in [-0.1, -0.05) is 54.1 Å². The Hall–Kier alpha value is -4.39. The lowest BCUT2D eigenvalue weighted by molar-refractivity contribution is -0.127. The molecule has 3 aromatic carbocycles. The summed E-state index contributed by atoms with van der Waals surface area (Å²) in [5.41, 5.74) is 4.53. The van der Waals surface area contributed by atoms with Crippen LogP contribution >= 0.6 is 0 Å². The number of carbonyl (C=O) groups is 3. The zero-order valence-corrected chi connectivity index (χ0v) is 18.3. The minimum Gasteiger partial charge on any atom is -0.497 e. The summed E-state index contributed by atoms with van der Waals surface area (Å²) in [6.45, 7) is 1.57. The van der Waals surface area contributed by atoms with Crippen LogP contribution in [0.5, 0.6) is 5.75 Å². The smallest absolute Gasteiger partial charge is 0.329 e. The quantitative estimate of drug-likeness (QED) is 0.443. The number of ether oxygens (including phenoxy) is 1. The van der Waals surface area contributed by atoms with Crippen molar-refractivity contribution in [2.45, 2.75) is 6.92 Å². The fourth-order valence-corrected chi connectivity index (χ4v) is 3.44. The van der Waals surface area contributed by atoms with Crippen LogP contribution < -0.4 is 15.4 Å². The first-order chi connectivity index (χ1) is 15.9. The Labute approximate surface area is 191 Å². The second-order valence-electron chi connectivity index (χ2n) is 7.65. The second-order valence-corrected chi connectivity index (χ2v) is 7.65. The molecule has 1 aliphatic rings. The molecular formula is C26H23N3O4. The zero-order valence-electron chi connectivity index (χ0n) is 18.3. The number of methoxy groups -OCH3 is 1. The van der Waals surface area contributed by atoms with Gasteiger partial charge in [0, 0.05) is 5.69 Å². The number of carbonyl (C=O) groups excluding carboxylic acids is 3. The third-order valence-electron chi connectivity index (χ3n) is 5.22. The molecule has 33 heavy (non-hydrogen) atoms. The molecule has 4 amide bonds. The SMILES string of the molecule is COc1cccc(-c2ccc(/C=C3\NC(=O)N(CC(=O)Nc4ccc(C)cc4)C3=O)cc2)c1. The minimum absolute atomic E-state index is 0.122. The Kier molecular flexibility index (Phi) is 6.22. The molecule has 0 radical (unpaired) electrons. The summed E-state index contributed by atoms with van der Waals surface area (Å²) in [6.07, 6.45) is 1.59. The fourth-order valence-electron chi connectivity index (χ4n) is 3.44. The first-order valence-corrected chi connectivity index (χ1v) is 10.4. The maximum atomic E-state index is 12.7. The van der Waals surface area contributed by atoms with Gasteiger partial charge in [0.05, 0.1) is 7.11 Å². The lowest BCUT2D eigenvalue weighted by Crippen LogP contribution is -2.38. The van der Waals surface area contributed by atoms with E-state index in [4.69, 9.17) is 4.74 Å². The van der Waals surface area contributed by atoms with Crippen LogP contribution in [-0.4, -0.2) is 36.4 Å². The zero-order chi connectivity index (χ0) is 23.4. The van der Waals surface area contributed by atoms with Gasteiger partial charge in [-0.25, -0.2) is 9.69 Å². The van der Waals surface area contributed by atoms with Crippen LogP contribution in [0.2, 0.25) is 0 Å². The van der Waals surface area contributed by atoms with Crippen LogP contribution in [0, 0.1) is 6.92 Å². The Morgan fingerprint density at radius 3 is 2.42 bits per heavy atom. The summed E-state index contributed by atoms with van der Waals surface area (Å²) in [6, 6.07) is 21.9. The Morgan fingerprint density at radius 1 is 1.00 bits per heavy atom. The van der Waals surface area contributed by atoms with E-state index in [1.165, 1.54) is 0 Å². The molecule has 2 N–H and O–H groups in total. The van der Waals surface area contributed by atoms with E-state index < -0.39 is 17.8 Å². The van der Waals surface area contributed by atoms with Gasteiger partial charge in [0.2, 0.25) is 5.91 Å². The van der Waals surface area contributed by atoms with Gasteiger partial charge < -0.3 is 15.4 Å². The molecule has 0 saturated carbocycles. The molecule has 1 saturated heterocycles. The van der Waals surface area contributed by atoms with Crippen molar-refractivity contribution < 1.29 is 19.1 Å². The predicted molar refractivity (Wildman–Crippen MR) is 126 cm³/mol. The molecule has 0 unspecified atom stereocenters. The number of aryl methyl sites for hydroxylation is 1. The molecule has 3 aromatic rings. The second kappa shape index (κ2) is 9.40. The Balaban J connectivity index is 1.43. The van der Waals surface area contributed by atoms with Crippen LogP contribution in [0.25, 0.3) is 17.2 Å². The summed E-state index contributed by atoms with van der Waals surface area (Å²) in [5.74, 6) is -0.230. The lowest BCUT2D eigenvalue weighted by Gasteiger charge is -2.12. The average molecular weight is 441 g/mol. The van der Waals surface area contributed by atoms with Gasteiger partial charge in [-0.05, 0) is 54.0 Å². The number of hydrogen-bond donors (Lipinski definition) is 2. The first-order valence-electron chi connectivity index (χ1n) is 10.4. The van der Waals surface area contributed by atoms with Crippen molar-refractivity contribution >= 4 is 29.6 Å². The highest BCUT2D eigenvalue weighted by Gasteiger charge is 2.34. The Morgan fingerprint density at radius 2 is 1.73 bits per heavy atom. The van der Waals surface area contributed by atoms with E-state index in [0.29, 0.717) is 5.69 Å². The summed E-state index contributed by atoms with van der Waals surface area (Å²) in [7, 11) is 1.62. The van der Waals surface area contributed by atoms with Crippen molar-refractivity contribution in [2.24, 2.45) is 0 Å². The number of anilines is 1.